The zero-order chi connectivity index (χ0) is 29.9. The summed E-state index contributed by atoms with van der Waals surface area (Å²) < 4.78 is 36.3. The van der Waals surface area contributed by atoms with Crippen LogP contribution in [0.1, 0.15) is 54.2 Å². The smallest absolute Gasteiger partial charge is 0.406 e. The van der Waals surface area contributed by atoms with Crippen molar-refractivity contribution in [3.05, 3.63) is 12.7 Å². The maximum atomic E-state index is 13.7. The first-order chi connectivity index (χ1) is 18.5. The summed E-state index contributed by atoms with van der Waals surface area (Å²) in [7, 11) is -4.09. The van der Waals surface area contributed by atoms with Gasteiger partial charge in [0.25, 0.3) is 0 Å². The first-order valence-corrected chi connectivity index (χ1v) is 15.8. The molecule has 40 heavy (non-hydrogen) atoms. The zero-order valence-corrected chi connectivity index (χ0v) is 26.4. The van der Waals surface area contributed by atoms with Crippen molar-refractivity contribution in [2.75, 3.05) is 24.7 Å². The minimum absolute atomic E-state index is 0.0429. The Hall–Kier alpha value is -1.51. The van der Waals surface area contributed by atoms with Crippen LogP contribution in [0.25, 0.3) is 11.2 Å². The number of halogens is 2. The third-order valence-corrected chi connectivity index (χ3v) is 9.14. The molecule has 0 saturated carbocycles. The highest BCUT2D eigenvalue weighted by atomic mass is 35.5. The second-order valence-corrected chi connectivity index (χ2v) is 14.9. The SMILES string of the molecule is CC(C)OC(=O)[C@H](C)NP(=O)(OCCSC(=O)C(C)(C)C)OC[C@@H]1CC(Cl)(Cl)[C@H](n2cnc3c(N)ncnc32)O1. The Bertz CT molecular complexity index is 1260. The number of anilines is 1. The van der Waals surface area contributed by atoms with Gasteiger partial charge in [0.1, 0.15) is 17.9 Å². The Morgan fingerprint density at radius 1 is 1.27 bits per heavy atom. The molecule has 1 unspecified atom stereocenters. The highest BCUT2D eigenvalue weighted by Crippen LogP contribution is 2.50. The number of imidazole rings is 1. The first kappa shape index (κ1) is 33.0. The van der Waals surface area contributed by atoms with E-state index in [0.717, 1.165) is 11.8 Å². The number of esters is 1. The van der Waals surface area contributed by atoms with E-state index in [0.29, 0.717) is 11.2 Å². The molecule has 1 aliphatic heterocycles. The van der Waals surface area contributed by atoms with E-state index in [1.165, 1.54) is 24.1 Å². The van der Waals surface area contributed by atoms with Crippen LogP contribution in [0.2, 0.25) is 0 Å². The van der Waals surface area contributed by atoms with Crippen LogP contribution < -0.4 is 10.8 Å². The molecule has 3 heterocycles. The van der Waals surface area contributed by atoms with Crippen molar-refractivity contribution in [2.45, 2.75) is 76.8 Å². The lowest BCUT2D eigenvalue weighted by molar-refractivity contribution is -0.149. The fourth-order valence-corrected chi connectivity index (χ4v) is 6.63. The molecule has 2 aromatic rings. The molecule has 0 aromatic carbocycles. The minimum atomic E-state index is -4.09. The number of nitrogens with zero attached hydrogens (tertiary/aromatic N) is 4. The molecule has 1 saturated heterocycles. The third kappa shape index (κ3) is 8.51. The summed E-state index contributed by atoms with van der Waals surface area (Å²) in [5.41, 5.74) is 6.07. The van der Waals surface area contributed by atoms with Gasteiger partial charge in [-0.05, 0) is 20.8 Å². The van der Waals surface area contributed by atoms with Crippen LogP contribution in [0.4, 0.5) is 5.82 Å². The lowest BCUT2D eigenvalue weighted by Crippen LogP contribution is -2.36. The maximum Gasteiger partial charge on any atom is 0.406 e. The first-order valence-electron chi connectivity index (χ1n) is 12.5. The van der Waals surface area contributed by atoms with Gasteiger partial charge in [-0.2, -0.15) is 0 Å². The van der Waals surface area contributed by atoms with E-state index < -0.39 is 41.8 Å². The van der Waals surface area contributed by atoms with E-state index in [1.807, 2.05) is 0 Å². The fraction of sp³-hybridized carbons (Fsp3) is 0.696. The van der Waals surface area contributed by atoms with Crippen molar-refractivity contribution in [1.82, 2.24) is 24.6 Å². The average molecular weight is 642 g/mol. The predicted molar refractivity (Wildman–Crippen MR) is 153 cm³/mol. The van der Waals surface area contributed by atoms with E-state index in [9.17, 15) is 14.2 Å². The van der Waals surface area contributed by atoms with Gasteiger partial charge in [-0.15, -0.1) is 0 Å². The molecule has 0 radical (unpaired) electrons. The van der Waals surface area contributed by atoms with Crippen LogP contribution in [0, 0.1) is 5.41 Å². The topological polar surface area (TPSA) is 170 Å². The second kappa shape index (κ2) is 13.2. The van der Waals surface area contributed by atoms with Gasteiger partial charge in [0.15, 0.2) is 27.1 Å². The number of thioether (sulfide) groups is 1. The summed E-state index contributed by atoms with van der Waals surface area (Å²) in [6.45, 7) is 9.95. The molecule has 0 bridgehead atoms. The molecule has 0 spiro atoms. The Balaban J connectivity index is 1.69. The third-order valence-electron chi connectivity index (χ3n) is 5.50. The van der Waals surface area contributed by atoms with Crippen molar-refractivity contribution in [3.63, 3.8) is 0 Å². The van der Waals surface area contributed by atoms with Crippen molar-refractivity contribution < 1.29 is 32.7 Å². The number of rotatable bonds is 12. The molecule has 1 aliphatic rings. The van der Waals surface area contributed by atoms with E-state index in [4.69, 9.17) is 47.5 Å². The van der Waals surface area contributed by atoms with Crippen LogP contribution in [-0.4, -0.2) is 72.2 Å². The van der Waals surface area contributed by atoms with Crippen LogP contribution in [0.3, 0.4) is 0 Å². The number of ether oxygens (including phenoxy) is 2. The van der Waals surface area contributed by atoms with E-state index >= 15 is 0 Å². The maximum absolute atomic E-state index is 13.7. The van der Waals surface area contributed by atoms with Gasteiger partial charge in [0.05, 0.1) is 31.7 Å². The molecule has 1 fully saturated rings. The highest BCUT2D eigenvalue weighted by molar-refractivity contribution is 8.13. The standard InChI is InChI=1S/C23H35Cl2N6O7PS/c1-13(2)37-19(32)14(3)30-39(34,35-7-8-40-21(33)22(4,5)6)36-10-15-9-23(24,25)20(38-15)31-12-29-16-17(26)27-11-28-18(16)31/h11-15,20H,7-10H2,1-6H3,(H,30,34)(H2,26,27,28)/t14-,15-,20+,39?/m0/s1. The average Bonchev–Trinajstić information content (AvgIpc) is 3.40. The molecule has 13 nitrogen and oxygen atoms in total. The zero-order valence-electron chi connectivity index (χ0n) is 23.1. The van der Waals surface area contributed by atoms with E-state index in [1.54, 1.807) is 34.6 Å². The summed E-state index contributed by atoms with van der Waals surface area (Å²) in [6.07, 6.45) is 0.816. The molecule has 17 heteroatoms. The van der Waals surface area contributed by atoms with E-state index in [2.05, 4.69) is 20.0 Å². The number of carbonyl (C=O) groups is 2. The largest absolute Gasteiger partial charge is 0.462 e. The van der Waals surface area contributed by atoms with Crippen LogP contribution in [-0.2, 0) is 32.7 Å². The number of alkyl halides is 2. The highest BCUT2D eigenvalue weighted by Gasteiger charge is 2.49. The Morgan fingerprint density at radius 3 is 2.62 bits per heavy atom. The summed E-state index contributed by atoms with van der Waals surface area (Å²) in [6, 6.07) is -1.02. The van der Waals surface area contributed by atoms with Gasteiger partial charge in [0, 0.05) is 17.6 Å². The lowest BCUT2D eigenvalue weighted by atomic mass is 10.00. The van der Waals surface area contributed by atoms with Gasteiger partial charge in [-0.1, -0.05) is 55.7 Å². The number of nitrogens with two attached hydrogens (primary N) is 1. The minimum Gasteiger partial charge on any atom is -0.462 e. The Labute approximate surface area is 247 Å². The van der Waals surface area contributed by atoms with Crippen molar-refractivity contribution in [3.8, 4) is 0 Å². The monoisotopic (exact) mass is 640 g/mol. The van der Waals surface area contributed by atoms with Crippen LogP contribution in [0.15, 0.2) is 12.7 Å². The summed E-state index contributed by atoms with van der Waals surface area (Å²) in [5, 5.41) is 2.56. The van der Waals surface area contributed by atoms with Crippen molar-refractivity contribution in [1.29, 1.82) is 0 Å². The molecule has 2 aromatic heterocycles. The molecule has 3 rings (SSSR count). The molecule has 3 N–H and O–H groups in total. The number of hydrogen-bond donors (Lipinski definition) is 2. The molecule has 0 aliphatic carbocycles. The van der Waals surface area contributed by atoms with Gasteiger partial charge in [-0.3, -0.25) is 23.2 Å². The predicted octanol–water partition coefficient (Wildman–Crippen LogP) is 4.25. The summed E-state index contributed by atoms with van der Waals surface area (Å²) in [4.78, 5) is 36.9. The number of hydrogen-bond acceptors (Lipinski definition) is 12. The van der Waals surface area contributed by atoms with Gasteiger partial charge in [0.2, 0.25) is 0 Å². The molecule has 4 atom stereocenters. The molecular weight excluding hydrogens is 606 g/mol. The molecule has 224 valence electrons. The number of fused-ring (bicyclic) bond motifs is 1. The van der Waals surface area contributed by atoms with Crippen LogP contribution in [0.5, 0.6) is 0 Å². The quantitative estimate of drug-likeness (QED) is 0.146. The second-order valence-electron chi connectivity index (χ2n) is 10.5. The van der Waals surface area contributed by atoms with Crippen molar-refractivity contribution >= 4 is 70.8 Å². The van der Waals surface area contributed by atoms with Crippen LogP contribution >= 0.6 is 42.7 Å². The normalized spacial score (nSPS) is 21.4. The molecular formula is C23H35Cl2N6O7PS. The van der Waals surface area contributed by atoms with E-state index in [-0.39, 0.29) is 42.4 Å². The number of nitrogens with one attached hydrogen (secondary N) is 1. The van der Waals surface area contributed by atoms with Gasteiger partial charge in [-0.25, -0.2) is 24.6 Å². The number of nitrogen functional groups attached to an aromatic ring is 1. The Kier molecular flexibility index (Phi) is 10.9. The lowest BCUT2D eigenvalue weighted by Gasteiger charge is -2.24. The Morgan fingerprint density at radius 2 is 1.98 bits per heavy atom. The summed E-state index contributed by atoms with van der Waals surface area (Å²) >= 11 is 14.3. The number of aromatic nitrogens is 4. The number of carbonyl (C=O) groups excluding carboxylic acids is 2. The van der Waals surface area contributed by atoms with Gasteiger partial charge >= 0.3 is 13.7 Å². The van der Waals surface area contributed by atoms with Crippen molar-refractivity contribution in [2.24, 2.45) is 5.41 Å². The summed E-state index contributed by atoms with van der Waals surface area (Å²) in [5.74, 6) is -0.220. The van der Waals surface area contributed by atoms with Gasteiger partial charge < -0.3 is 15.2 Å². The fourth-order valence-electron chi connectivity index (χ4n) is 3.57. The molecule has 0 amide bonds.